The van der Waals surface area contributed by atoms with Gasteiger partial charge < -0.3 is 4.90 Å². The molecule has 1 aromatic carbocycles. The van der Waals surface area contributed by atoms with Gasteiger partial charge in [-0.05, 0) is 62.2 Å². The number of rotatable bonds is 3. The topological polar surface area (TPSA) is 3.24 Å². The lowest BCUT2D eigenvalue weighted by Crippen LogP contribution is -2.29. The molecule has 2 bridgehead atoms. The average Bonchev–Trinajstić information content (AvgIpc) is 2.77. The van der Waals surface area contributed by atoms with Gasteiger partial charge in [0, 0.05) is 6.54 Å². The van der Waals surface area contributed by atoms with E-state index in [1.807, 2.05) is 0 Å². The fraction of sp³-hybridized carbons (Fsp3) is 0.529. The van der Waals surface area contributed by atoms with Crippen molar-refractivity contribution in [3.8, 4) is 0 Å². The number of nitrogens with zero attached hydrogens (tertiary/aromatic N) is 1. The van der Waals surface area contributed by atoms with Crippen molar-refractivity contribution in [1.82, 2.24) is 4.90 Å². The molecule has 2 aliphatic carbocycles. The third-order valence-corrected chi connectivity index (χ3v) is 4.57. The first-order valence-electron chi connectivity index (χ1n) is 7.16. The van der Waals surface area contributed by atoms with Crippen molar-refractivity contribution in [3.63, 3.8) is 0 Å². The summed E-state index contributed by atoms with van der Waals surface area (Å²) in [7, 11) is 4.40. The summed E-state index contributed by atoms with van der Waals surface area (Å²) in [6.45, 7) is 1.19. The molecule has 2 aliphatic rings. The van der Waals surface area contributed by atoms with Gasteiger partial charge in [-0.15, -0.1) is 0 Å². The first-order valence-corrected chi connectivity index (χ1v) is 7.16. The molecule has 0 aliphatic heterocycles. The van der Waals surface area contributed by atoms with E-state index >= 15 is 0 Å². The van der Waals surface area contributed by atoms with Crippen molar-refractivity contribution < 1.29 is 0 Å². The standard InChI is InChI=1S/C17H23N/c1-18(2)12-17-15-9-8-13(10-15)11-16(17)14-6-4-3-5-7-14/h3-7,11,13,15,17H,8-10,12H2,1-2H3/t13-,15?,17?/m1/s1. The second kappa shape index (κ2) is 4.89. The van der Waals surface area contributed by atoms with Crippen molar-refractivity contribution in [3.05, 3.63) is 42.0 Å². The molecule has 1 aromatic rings. The molecule has 18 heavy (non-hydrogen) atoms. The van der Waals surface area contributed by atoms with Gasteiger partial charge in [-0.3, -0.25) is 0 Å². The average molecular weight is 241 g/mol. The molecule has 0 heterocycles. The normalized spacial score (nSPS) is 30.6. The number of hydrogen-bond donors (Lipinski definition) is 0. The molecule has 0 amide bonds. The molecule has 0 N–H and O–H groups in total. The van der Waals surface area contributed by atoms with Crippen molar-refractivity contribution >= 4 is 5.57 Å². The Morgan fingerprint density at radius 3 is 2.61 bits per heavy atom. The minimum Gasteiger partial charge on any atom is -0.309 e. The molecule has 1 heteroatoms. The first-order chi connectivity index (χ1) is 8.74. The van der Waals surface area contributed by atoms with Crippen molar-refractivity contribution in [2.24, 2.45) is 17.8 Å². The molecule has 0 radical (unpaired) electrons. The number of fused-ring (bicyclic) bond motifs is 2. The Bertz CT molecular complexity index is 432. The summed E-state index contributed by atoms with van der Waals surface area (Å²) in [4.78, 5) is 2.35. The summed E-state index contributed by atoms with van der Waals surface area (Å²) in [5.74, 6) is 2.50. The van der Waals surface area contributed by atoms with E-state index in [9.17, 15) is 0 Å². The van der Waals surface area contributed by atoms with E-state index in [4.69, 9.17) is 0 Å². The third kappa shape index (κ3) is 2.24. The molecule has 0 saturated heterocycles. The maximum Gasteiger partial charge on any atom is 0.00469 e. The summed E-state index contributed by atoms with van der Waals surface area (Å²) in [5.41, 5.74) is 3.06. The van der Waals surface area contributed by atoms with Crippen LogP contribution < -0.4 is 0 Å². The van der Waals surface area contributed by atoms with Crippen LogP contribution in [0, 0.1) is 17.8 Å². The molecule has 1 nitrogen and oxygen atoms in total. The van der Waals surface area contributed by atoms with Gasteiger partial charge in [0.15, 0.2) is 0 Å². The van der Waals surface area contributed by atoms with E-state index in [0.29, 0.717) is 0 Å². The van der Waals surface area contributed by atoms with Gasteiger partial charge in [-0.2, -0.15) is 0 Å². The Balaban J connectivity index is 1.94. The highest BCUT2D eigenvalue weighted by Gasteiger charge is 2.37. The lowest BCUT2D eigenvalue weighted by atomic mass is 9.76. The van der Waals surface area contributed by atoms with Crippen LogP contribution in [0.5, 0.6) is 0 Å². The highest BCUT2D eigenvalue weighted by atomic mass is 15.1. The summed E-state index contributed by atoms with van der Waals surface area (Å²) in [5, 5.41) is 0. The second-order valence-electron chi connectivity index (χ2n) is 6.19. The van der Waals surface area contributed by atoms with Gasteiger partial charge in [0.2, 0.25) is 0 Å². The maximum atomic E-state index is 2.58. The smallest absolute Gasteiger partial charge is 0.00469 e. The Kier molecular flexibility index (Phi) is 3.25. The van der Waals surface area contributed by atoms with Crippen molar-refractivity contribution in [2.75, 3.05) is 20.6 Å². The van der Waals surface area contributed by atoms with Crippen molar-refractivity contribution in [1.29, 1.82) is 0 Å². The van der Waals surface area contributed by atoms with Crippen LogP contribution in [-0.2, 0) is 0 Å². The Hall–Kier alpha value is -1.08. The molecule has 0 spiro atoms. The van der Waals surface area contributed by atoms with E-state index in [2.05, 4.69) is 55.4 Å². The van der Waals surface area contributed by atoms with E-state index in [1.54, 1.807) is 5.57 Å². The minimum absolute atomic E-state index is 0.737. The Labute approximate surface area is 111 Å². The zero-order chi connectivity index (χ0) is 12.5. The van der Waals surface area contributed by atoms with E-state index in [1.165, 1.54) is 31.4 Å². The fourth-order valence-corrected chi connectivity index (χ4v) is 3.78. The van der Waals surface area contributed by atoms with Crippen LogP contribution >= 0.6 is 0 Å². The van der Waals surface area contributed by atoms with Crippen LogP contribution in [0.2, 0.25) is 0 Å². The lowest BCUT2D eigenvalue weighted by molar-refractivity contribution is 0.289. The van der Waals surface area contributed by atoms with Gasteiger partial charge in [-0.25, -0.2) is 0 Å². The Morgan fingerprint density at radius 2 is 1.89 bits per heavy atom. The molecule has 2 unspecified atom stereocenters. The van der Waals surface area contributed by atoms with Crippen LogP contribution in [0.3, 0.4) is 0 Å². The highest BCUT2D eigenvalue weighted by molar-refractivity contribution is 5.69. The molecule has 0 aromatic heterocycles. The monoisotopic (exact) mass is 241 g/mol. The number of allylic oxidation sites excluding steroid dienone is 1. The number of hydrogen-bond acceptors (Lipinski definition) is 1. The maximum absolute atomic E-state index is 2.58. The fourth-order valence-electron chi connectivity index (χ4n) is 3.78. The van der Waals surface area contributed by atoms with E-state index in [0.717, 1.165) is 17.8 Å². The van der Waals surface area contributed by atoms with Gasteiger partial charge in [0.25, 0.3) is 0 Å². The van der Waals surface area contributed by atoms with Gasteiger partial charge in [0.1, 0.15) is 0 Å². The Morgan fingerprint density at radius 1 is 1.11 bits per heavy atom. The summed E-state index contributed by atoms with van der Waals surface area (Å²) < 4.78 is 0. The van der Waals surface area contributed by atoms with Crippen molar-refractivity contribution in [2.45, 2.75) is 19.3 Å². The minimum atomic E-state index is 0.737. The number of benzene rings is 1. The lowest BCUT2D eigenvalue weighted by Gasteiger charge is -2.32. The summed E-state index contributed by atoms with van der Waals surface area (Å²) in [6.07, 6.45) is 6.84. The first kappa shape index (κ1) is 12.0. The zero-order valence-corrected chi connectivity index (χ0v) is 11.5. The third-order valence-electron chi connectivity index (χ3n) is 4.57. The predicted octanol–water partition coefficient (Wildman–Crippen LogP) is 3.68. The largest absolute Gasteiger partial charge is 0.309 e. The van der Waals surface area contributed by atoms with Gasteiger partial charge in [-0.1, -0.05) is 36.4 Å². The molecule has 1 fully saturated rings. The quantitative estimate of drug-likeness (QED) is 0.780. The summed E-state index contributed by atoms with van der Waals surface area (Å²) >= 11 is 0. The van der Waals surface area contributed by atoms with Crippen LogP contribution in [-0.4, -0.2) is 25.5 Å². The van der Waals surface area contributed by atoms with Crippen LogP contribution in [0.25, 0.3) is 5.57 Å². The van der Waals surface area contributed by atoms with Gasteiger partial charge in [0.05, 0.1) is 0 Å². The molecule has 3 rings (SSSR count). The molecular weight excluding hydrogens is 218 g/mol. The zero-order valence-electron chi connectivity index (χ0n) is 11.5. The summed E-state index contributed by atoms with van der Waals surface area (Å²) in [6, 6.07) is 11.0. The SMILES string of the molecule is CN(C)CC1C(c2ccccc2)=C[C@@H]2CCC1C2. The molecule has 3 atom stereocenters. The molecule has 1 saturated carbocycles. The van der Waals surface area contributed by atoms with Crippen LogP contribution in [0.15, 0.2) is 36.4 Å². The predicted molar refractivity (Wildman–Crippen MR) is 77.3 cm³/mol. The molecule has 96 valence electrons. The van der Waals surface area contributed by atoms with Crippen LogP contribution in [0.4, 0.5) is 0 Å². The molecular formula is C17H23N. The van der Waals surface area contributed by atoms with E-state index < -0.39 is 0 Å². The van der Waals surface area contributed by atoms with Crippen LogP contribution in [0.1, 0.15) is 24.8 Å². The van der Waals surface area contributed by atoms with Gasteiger partial charge >= 0.3 is 0 Å². The second-order valence-corrected chi connectivity index (χ2v) is 6.19. The van der Waals surface area contributed by atoms with E-state index in [-0.39, 0.29) is 0 Å². The highest BCUT2D eigenvalue weighted by Crippen LogP contribution is 2.47.